The minimum Gasteiger partial charge on any atom is -0.444 e. The van der Waals surface area contributed by atoms with Gasteiger partial charge in [0, 0.05) is 24.0 Å². The maximum atomic E-state index is 17.1. The van der Waals surface area contributed by atoms with Crippen molar-refractivity contribution in [3.8, 4) is 17.2 Å². The molecule has 14 heteroatoms. The fourth-order valence-electron chi connectivity index (χ4n) is 7.05. The van der Waals surface area contributed by atoms with Crippen molar-refractivity contribution in [3.05, 3.63) is 46.3 Å². The highest BCUT2D eigenvalue weighted by atomic mass is 32.1. The number of hydrogen-bond donors (Lipinski definition) is 1. The maximum Gasteiger partial charge on any atom is 0.412 e. The summed E-state index contributed by atoms with van der Waals surface area (Å²) in [5, 5.41) is 13.7. The summed E-state index contributed by atoms with van der Waals surface area (Å²) in [6.45, 7) is 13.5. The van der Waals surface area contributed by atoms with Gasteiger partial charge in [-0.05, 0) is 77.6 Å². The Morgan fingerprint density at radius 2 is 1.73 bits per heavy atom. The van der Waals surface area contributed by atoms with E-state index in [0.717, 1.165) is 17.8 Å². The summed E-state index contributed by atoms with van der Waals surface area (Å²) in [7, 11) is 0. The van der Waals surface area contributed by atoms with Gasteiger partial charge in [-0.15, -0.1) is 11.3 Å². The summed E-state index contributed by atoms with van der Waals surface area (Å²) in [6, 6.07) is 4.64. The molecule has 2 bridgehead atoms. The molecule has 5 heterocycles. The number of aromatic nitrogens is 2. The van der Waals surface area contributed by atoms with Gasteiger partial charge in [-0.25, -0.2) is 28.3 Å². The maximum absolute atomic E-state index is 17.1. The quantitative estimate of drug-likeness (QED) is 0.232. The topological polar surface area (TPSA) is 130 Å². The Kier molecular flexibility index (Phi) is 7.72. The lowest BCUT2D eigenvalue weighted by atomic mass is 9.90. The van der Waals surface area contributed by atoms with E-state index in [1.807, 2.05) is 20.8 Å². The largest absolute Gasteiger partial charge is 0.444 e. The van der Waals surface area contributed by atoms with E-state index >= 15 is 8.78 Å². The zero-order valence-corrected chi connectivity index (χ0v) is 29.1. The number of aryl methyl sites for hydroxylation is 1. The highest BCUT2D eigenvalue weighted by Gasteiger charge is 2.48. The molecule has 256 valence electrons. The molecule has 2 atom stereocenters. The number of anilines is 2. The van der Waals surface area contributed by atoms with E-state index in [1.165, 1.54) is 12.1 Å². The number of nitrogens with one attached hydrogen (secondary N) is 1. The van der Waals surface area contributed by atoms with Crippen LogP contribution in [0.4, 0.5) is 29.2 Å². The second kappa shape index (κ2) is 11.5. The molecular formula is C35H36F2N6O5S. The Balaban J connectivity index is 1.35. The second-order valence-corrected chi connectivity index (χ2v) is 15.6. The smallest absolute Gasteiger partial charge is 0.412 e. The number of piperazine rings is 1. The number of carbonyl (C=O) groups excluding carboxylic acids is 2. The Bertz CT molecular complexity index is 2110. The van der Waals surface area contributed by atoms with Crippen molar-refractivity contribution in [2.24, 2.45) is 0 Å². The van der Waals surface area contributed by atoms with Gasteiger partial charge in [-0.2, -0.15) is 5.26 Å². The van der Waals surface area contributed by atoms with Crippen molar-refractivity contribution in [2.75, 3.05) is 23.3 Å². The molecule has 4 aromatic rings. The lowest BCUT2D eigenvalue weighted by Crippen LogP contribution is -2.50. The van der Waals surface area contributed by atoms with Crippen LogP contribution in [0.2, 0.25) is 0 Å². The zero-order chi connectivity index (χ0) is 35.2. The zero-order valence-electron chi connectivity index (χ0n) is 28.3. The molecule has 2 saturated heterocycles. The van der Waals surface area contributed by atoms with Gasteiger partial charge in [0.25, 0.3) is 0 Å². The van der Waals surface area contributed by atoms with Gasteiger partial charge < -0.3 is 24.0 Å². The molecule has 1 N–H and O–H groups in total. The van der Waals surface area contributed by atoms with Gasteiger partial charge in [-0.1, -0.05) is 6.07 Å². The fraction of sp³-hybridized carbons (Fsp3) is 0.457. The number of ether oxygens (including phenoxy) is 3. The molecule has 2 aromatic carbocycles. The van der Waals surface area contributed by atoms with Gasteiger partial charge in [0.15, 0.2) is 5.82 Å². The van der Waals surface area contributed by atoms with E-state index in [0.29, 0.717) is 41.2 Å². The third-order valence-corrected chi connectivity index (χ3v) is 9.93. The average Bonchev–Trinajstić information content (AvgIpc) is 3.79. The van der Waals surface area contributed by atoms with E-state index in [2.05, 4.69) is 21.3 Å². The number of nitriles is 1. The average molecular weight is 691 g/mol. The minimum absolute atomic E-state index is 0.00490. The lowest BCUT2D eigenvalue weighted by molar-refractivity contribution is 0.0214. The van der Waals surface area contributed by atoms with Crippen LogP contribution in [0, 0.1) is 29.9 Å². The molecule has 0 unspecified atom stereocenters. The van der Waals surface area contributed by atoms with E-state index < -0.39 is 28.9 Å². The predicted molar refractivity (Wildman–Crippen MR) is 181 cm³/mol. The molecule has 11 nitrogen and oxygen atoms in total. The van der Waals surface area contributed by atoms with Crippen LogP contribution >= 0.6 is 11.3 Å². The molecule has 0 spiro atoms. The standard InChI is InChI=1S/C35H36F2N6O5S/c1-16-39-28-26(30(40-16)42-12-18-10-17(42)13-43(18)33(45)48-35(5,6)7)22-15-46-14-21(22)24(27(28)37)19-8-9-23(36)29-25(19)20(11-38)31(49-29)41-32(44)47-34(2,3)4/h8-9,17-18H,10,12-15H2,1-7H3,(H,41,44)/t17-,18-/m1/s1. The van der Waals surface area contributed by atoms with Crippen molar-refractivity contribution in [1.82, 2.24) is 14.9 Å². The summed E-state index contributed by atoms with van der Waals surface area (Å²) in [5.74, 6) is -0.321. The lowest BCUT2D eigenvalue weighted by Gasteiger charge is -2.36. The molecule has 0 saturated carbocycles. The molecular weight excluding hydrogens is 654 g/mol. The van der Waals surface area contributed by atoms with Crippen LogP contribution < -0.4 is 10.2 Å². The number of carbonyl (C=O) groups is 2. The summed E-state index contributed by atoms with van der Waals surface area (Å²) >= 11 is 0.882. The van der Waals surface area contributed by atoms with E-state index in [9.17, 15) is 14.9 Å². The summed E-state index contributed by atoms with van der Waals surface area (Å²) in [6.07, 6.45) is -0.424. The number of hydrogen-bond acceptors (Lipinski definition) is 10. The highest BCUT2D eigenvalue weighted by molar-refractivity contribution is 7.23. The summed E-state index contributed by atoms with van der Waals surface area (Å²) in [4.78, 5) is 38.8. The van der Waals surface area contributed by atoms with Crippen LogP contribution in [-0.4, -0.2) is 63.4 Å². The van der Waals surface area contributed by atoms with Crippen LogP contribution in [0.3, 0.4) is 0 Å². The van der Waals surface area contributed by atoms with Gasteiger partial charge in [-0.3, -0.25) is 5.32 Å². The number of amides is 2. The molecule has 0 aliphatic carbocycles. The van der Waals surface area contributed by atoms with E-state index in [4.69, 9.17) is 19.2 Å². The first kappa shape index (κ1) is 32.9. The van der Waals surface area contributed by atoms with Crippen LogP contribution in [0.15, 0.2) is 12.1 Å². The SMILES string of the molecule is Cc1nc(N2C[C@H]3C[C@@H]2CN3C(=O)OC(C)(C)C)c2c3c(c(-c4ccc(F)c5sc(NC(=O)OC(C)(C)C)c(C#N)c45)c(F)c2n1)COC3. The minimum atomic E-state index is -0.802. The number of rotatable bonds is 3. The van der Waals surface area contributed by atoms with E-state index in [1.54, 1.807) is 32.6 Å². The number of halogens is 2. The van der Waals surface area contributed by atoms with Gasteiger partial charge in [0.1, 0.15) is 45.2 Å². The van der Waals surface area contributed by atoms with Crippen LogP contribution in [-0.2, 0) is 27.4 Å². The summed E-state index contributed by atoms with van der Waals surface area (Å²) in [5.41, 5.74) is 0.387. The molecule has 2 aromatic heterocycles. The number of fused-ring (bicyclic) bond motifs is 6. The Hall–Kier alpha value is -4.61. The van der Waals surface area contributed by atoms with Crippen molar-refractivity contribution in [2.45, 2.75) is 91.4 Å². The fourth-order valence-corrected chi connectivity index (χ4v) is 8.12. The monoisotopic (exact) mass is 690 g/mol. The third kappa shape index (κ3) is 5.68. The molecule has 3 aliphatic heterocycles. The second-order valence-electron chi connectivity index (χ2n) is 14.6. The number of likely N-dealkylation sites (tertiary alicyclic amines) is 1. The van der Waals surface area contributed by atoms with Gasteiger partial charge in [0.05, 0.1) is 40.9 Å². The molecule has 2 amide bonds. The number of thiophene rings is 1. The van der Waals surface area contributed by atoms with Crippen LogP contribution in [0.1, 0.15) is 70.5 Å². The van der Waals surface area contributed by atoms with Crippen LogP contribution in [0.25, 0.3) is 32.1 Å². The molecule has 3 aliphatic rings. The summed E-state index contributed by atoms with van der Waals surface area (Å²) < 4.78 is 49.5. The normalized spacial score (nSPS) is 18.7. The first-order valence-electron chi connectivity index (χ1n) is 16.1. The number of benzene rings is 2. The molecule has 49 heavy (non-hydrogen) atoms. The Morgan fingerprint density at radius 3 is 2.39 bits per heavy atom. The van der Waals surface area contributed by atoms with Gasteiger partial charge >= 0.3 is 12.2 Å². The van der Waals surface area contributed by atoms with E-state index in [-0.39, 0.29) is 68.7 Å². The first-order chi connectivity index (χ1) is 23.0. The van der Waals surface area contributed by atoms with Crippen molar-refractivity contribution in [3.63, 3.8) is 0 Å². The molecule has 2 fully saturated rings. The van der Waals surface area contributed by atoms with Gasteiger partial charge in [0.2, 0.25) is 0 Å². The molecule has 7 rings (SSSR count). The molecule has 0 radical (unpaired) electrons. The van der Waals surface area contributed by atoms with Crippen molar-refractivity contribution >= 4 is 55.3 Å². The van der Waals surface area contributed by atoms with Crippen molar-refractivity contribution < 1.29 is 32.6 Å². The Morgan fingerprint density at radius 1 is 1.02 bits per heavy atom. The van der Waals surface area contributed by atoms with Crippen LogP contribution in [0.5, 0.6) is 0 Å². The third-order valence-electron chi connectivity index (χ3n) is 8.82. The highest BCUT2D eigenvalue weighted by Crippen LogP contribution is 2.48. The number of nitrogens with zero attached hydrogens (tertiary/aromatic N) is 5. The van der Waals surface area contributed by atoms with Crippen molar-refractivity contribution in [1.29, 1.82) is 5.26 Å². The Labute approximate surface area is 285 Å². The first-order valence-corrected chi connectivity index (χ1v) is 16.9. The predicted octanol–water partition coefficient (Wildman–Crippen LogP) is 7.55.